The third-order valence-corrected chi connectivity index (χ3v) is 7.63. The zero-order valence-electron chi connectivity index (χ0n) is 20.2. The molecule has 1 aliphatic heterocycles. The van der Waals surface area contributed by atoms with E-state index in [-0.39, 0.29) is 12.2 Å². The van der Waals surface area contributed by atoms with E-state index in [2.05, 4.69) is 0 Å². The zero-order valence-corrected chi connectivity index (χ0v) is 21.8. The Morgan fingerprint density at radius 1 is 1.08 bits per heavy atom. The highest BCUT2D eigenvalue weighted by molar-refractivity contribution is 7.10. The number of carboxylic acid groups (broad SMARTS) is 1. The molecule has 0 saturated heterocycles. The highest BCUT2D eigenvalue weighted by Crippen LogP contribution is 2.36. The van der Waals surface area contributed by atoms with E-state index in [0.717, 1.165) is 16.0 Å². The zero-order chi connectivity index (χ0) is 26.6. The van der Waals surface area contributed by atoms with E-state index in [1.165, 1.54) is 22.7 Å². The third-order valence-electron chi connectivity index (χ3n) is 5.73. The van der Waals surface area contributed by atoms with E-state index in [1.807, 2.05) is 47.8 Å². The molecule has 5 rings (SSSR count). The summed E-state index contributed by atoms with van der Waals surface area (Å²) in [5, 5.41) is 10.7. The molecule has 0 fully saturated rings. The van der Waals surface area contributed by atoms with Gasteiger partial charge in [-0.05, 0) is 42.1 Å². The van der Waals surface area contributed by atoms with E-state index in [1.54, 1.807) is 41.8 Å². The predicted molar refractivity (Wildman–Crippen MR) is 145 cm³/mol. The quantitative estimate of drug-likeness (QED) is 0.339. The second-order valence-corrected chi connectivity index (χ2v) is 10.2. The number of ether oxygens (including phenoxy) is 2. The lowest BCUT2D eigenvalue weighted by atomic mass is 9.97. The molecular weight excluding hydrogens is 524 g/mol. The van der Waals surface area contributed by atoms with Crippen LogP contribution in [0.5, 0.6) is 5.75 Å². The molecule has 0 radical (unpaired) electrons. The van der Waals surface area contributed by atoms with E-state index < -0.39 is 24.6 Å². The Balaban J connectivity index is 1.67. The van der Waals surface area contributed by atoms with Crippen LogP contribution in [0, 0.1) is 0 Å². The molecule has 0 spiro atoms. The SMILES string of the molecule is CCOC(=O)C1=C(c2ccccc2)N=c2s/c(=C\c3ccc(OCC(=O)O)cc3)c(=O)n2[C@H]1c1cccs1. The number of aliphatic carboxylic acids is 1. The van der Waals surface area contributed by atoms with Gasteiger partial charge in [0.1, 0.15) is 11.8 Å². The normalized spacial score (nSPS) is 15.1. The summed E-state index contributed by atoms with van der Waals surface area (Å²) in [5.41, 5.74) is 2.02. The maximum Gasteiger partial charge on any atom is 0.341 e. The van der Waals surface area contributed by atoms with Crippen LogP contribution in [0.3, 0.4) is 0 Å². The van der Waals surface area contributed by atoms with Crippen molar-refractivity contribution in [1.29, 1.82) is 0 Å². The lowest BCUT2D eigenvalue weighted by Crippen LogP contribution is -2.39. The standard InChI is InChI=1S/C28H22N2O6S2/c1-2-35-27(34)23-24(18-7-4-3-5-8-18)29-28-30(25(23)20-9-6-14-37-20)26(33)21(38-28)15-17-10-12-19(13-11-17)36-16-22(31)32/h3-15,25H,2,16H2,1H3,(H,31,32)/b21-15-/t25-/m0/s1. The molecule has 4 aromatic rings. The van der Waals surface area contributed by atoms with Crippen molar-refractivity contribution in [3.63, 3.8) is 0 Å². The molecule has 1 N–H and O–H groups in total. The summed E-state index contributed by atoms with van der Waals surface area (Å²) in [6.45, 7) is 1.50. The molecule has 2 aromatic carbocycles. The van der Waals surface area contributed by atoms with E-state index in [9.17, 15) is 14.4 Å². The Morgan fingerprint density at radius 3 is 2.50 bits per heavy atom. The van der Waals surface area contributed by atoms with Crippen LogP contribution in [0.2, 0.25) is 0 Å². The Kier molecular flexibility index (Phi) is 7.34. The largest absolute Gasteiger partial charge is 0.482 e. The van der Waals surface area contributed by atoms with E-state index >= 15 is 0 Å². The predicted octanol–water partition coefficient (Wildman–Crippen LogP) is 3.46. The number of hydrogen-bond donors (Lipinski definition) is 1. The van der Waals surface area contributed by atoms with Crippen molar-refractivity contribution < 1.29 is 24.2 Å². The molecule has 0 unspecified atom stereocenters. The summed E-state index contributed by atoms with van der Waals surface area (Å²) in [7, 11) is 0. The Hall–Kier alpha value is -4.28. The minimum absolute atomic E-state index is 0.193. The van der Waals surface area contributed by atoms with Gasteiger partial charge in [0.05, 0.1) is 22.4 Å². The summed E-state index contributed by atoms with van der Waals surface area (Å²) in [6.07, 6.45) is 1.74. The highest BCUT2D eigenvalue weighted by atomic mass is 32.1. The number of aromatic nitrogens is 1. The van der Waals surface area contributed by atoms with Crippen LogP contribution in [0.15, 0.2) is 87.5 Å². The molecule has 2 aromatic heterocycles. The number of carboxylic acids is 1. The molecule has 38 heavy (non-hydrogen) atoms. The summed E-state index contributed by atoms with van der Waals surface area (Å²) in [6, 6.07) is 19.3. The number of nitrogens with zero attached hydrogens (tertiary/aromatic N) is 2. The molecule has 0 aliphatic carbocycles. The molecule has 3 heterocycles. The first kappa shape index (κ1) is 25.4. The number of esters is 1. The fraction of sp³-hybridized carbons (Fsp3) is 0.143. The second kappa shape index (κ2) is 11.0. The molecule has 1 atom stereocenters. The second-order valence-electron chi connectivity index (χ2n) is 8.20. The van der Waals surface area contributed by atoms with Crippen LogP contribution in [0.1, 0.15) is 29.0 Å². The van der Waals surface area contributed by atoms with Gasteiger partial charge in [-0.3, -0.25) is 9.36 Å². The van der Waals surface area contributed by atoms with Crippen LogP contribution in [0.25, 0.3) is 11.8 Å². The van der Waals surface area contributed by atoms with Crippen LogP contribution in [0.4, 0.5) is 0 Å². The number of thiophene rings is 1. The van der Waals surface area contributed by atoms with Crippen LogP contribution in [-0.2, 0) is 14.3 Å². The molecule has 0 amide bonds. The summed E-state index contributed by atoms with van der Waals surface area (Å²) in [4.78, 5) is 43.9. The number of carbonyl (C=O) groups excluding carboxylic acids is 1. The summed E-state index contributed by atoms with van der Waals surface area (Å²) < 4.78 is 12.6. The van der Waals surface area contributed by atoms with Gasteiger partial charge >= 0.3 is 11.9 Å². The Labute approximate surface area is 225 Å². The highest BCUT2D eigenvalue weighted by Gasteiger charge is 2.35. The lowest BCUT2D eigenvalue weighted by molar-refractivity contribution is -0.140. The molecule has 10 heteroatoms. The van der Waals surface area contributed by atoms with Crippen LogP contribution in [-0.4, -0.2) is 34.8 Å². The van der Waals surface area contributed by atoms with Crippen molar-refractivity contribution in [1.82, 2.24) is 4.57 Å². The van der Waals surface area contributed by atoms with Crippen molar-refractivity contribution in [3.8, 4) is 5.75 Å². The number of hydrogen-bond acceptors (Lipinski definition) is 8. The Morgan fingerprint density at radius 2 is 1.84 bits per heavy atom. The van der Waals surface area contributed by atoms with Crippen LogP contribution < -0.4 is 19.6 Å². The van der Waals surface area contributed by atoms with Gasteiger partial charge in [0.15, 0.2) is 11.4 Å². The van der Waals surface area contributed by atoms with Gasteiger partial charge in [0.2, 0.25) is 0 Å². The van der Waals surface area contributed by atoms with Crippen molar-refractivity contribution in [2.24, 2.45) is 4.99 Å². The number of benzene rings is 2. The Bertz CT molecular complexity index is 1680. The van der Waals surface area contributed by atoms with E-state index in [4.69, 9.17) is 19.6 Å². The van der Waals surface area contributed by atoms with Crippen molar-refractivity contribution >= 4 is 46.4 Å². The maximum absolute atomic E-state index is 13.8. The average Bonchev–Trinajstić information content (AvgIpc) is 3.56. The summed E-state index contributed by atoms with van der Waals surface area (Å²) >= 11 is 2.69. The van der Waals surface area contributed by atoms with Gasteiger partial charge in [0.25, 0.3) is 5.56 Å². The van der Waals surface area contributed by atoms with Crippen molar-refractivity contribution in [2.75, 3.05) is 13.2 Å². The van der Waals surface area contributed by atoms with Gasteiger partial charge < -0.3 is 14.6 Å². The van der Waals surface area contributed by atoms with Gasteiger partial charge in [-0.2, -0.15) is 0 Å². The van der Waals surface area contributed by atoms with Crippen LogP contribution >= 0.6 is 22.7 Å². The molecule has 8 nitrogen and oxygen atoms in total. The molecule has 192 valence electrons. The number of fused-ring (bicyclic) bond motifs is 1. The molecule has 0 saturated carbocycles. The molecule has 1 aliphatic rings. The van der Waals surface area contributed by atoms with Gasteiger partial charge in [-0.1, -0.05) is 59.9 Å². The van der Waals surface area contributed by atoms with Gasteiger partial charge in [-0.15, -0.1) is 11.3 Å². The number of thiazole rings is 1. The third kappa shape index (κ3) is 5.09. The first-order valence-electron chi connectivity index (χ1n) is 11.7. The minimum Gasteiger partial charge on any atom is -0.482 e. The summed E-state index contributed by atoms with van der Waals surface area (Å²) in [5.74, 6) is -1.16. The van der Waals surface area contributed by atoms with Crippen molar-refractivity contribution in [2.45, 2.75) is 13.0 Å². The minimum atomic E-state index is -1.06. The molecular formula is C28H22N2O6S2. The average molecular weight is 547 g/mol. The number of carbonyl (C=O) groups is 2. The molecule has 0 bridgehead atoms. The maximum atomic E-state index is 13.8. The van der Waals surface area contributed by atoms with Gasteiger partial charge in [-0.25, -0.2) is 14.6 Å². The fourth-order valence-electron chi connectivity index (χ4n) is 4.11. The first-order valence-corrected chi connectivity index (χ1v) is 13.4. The monoisotopic (exact) mass is 546 g/mol. The lowest BCUT2D eigenvalue weighted by Gasteiger charge is -2.24. The topological polar surface area (TPSA) is 107 Å². The van der Waals surface area contributed by atoms with E-state index in [0.29, 0.717) is 26.4 Å². The fourth-order valence-corrected chi connectivity index (χ4v) is 5.94. The number of rotatable bonds is 8. The van der Waals surface area contributed by atoms with Crippen molar-refractivity contribution in [3.05, 3.63) is 113 Å². The first-order chi connectivity index (χ1) is 18.5. The smallest absolute Gasteiger partial charge is 0.341 e. The van der Waals surface area contributed by atoms with Gasteiger partial charge in [0, 0.05) is 10.4 Å².